The standard InChI is InChI=1S/C18H20O2/c1-4-14-6-8-15(9-7-14)17(19)12-16-11-13(2)5-10-18(16)20-3/h5-11H,4,12H2,1-3H3. The van der Waals surface area contributed by atoms with E-state index in [1.807, 2.05) is 49.4 Å². The Hall–Kier alpha value is -2.09. The highest BCUT2D eigenvalue weighted by molar-refractivity contribution is 5.97. The van der Waals surface area contributed by atoms with E-state index in [4.69, 9.17) is 4.74 Å². The summed E-state index contributed by atoms with van der Waals surface area (Å²) in [4.78, 5) is 12.3. The molecule has 2 nitrogen and oxygen atoms in total. The minimum absolute atomic E-state index is 0.122. The van der Waals surface area contributed by atoms with Crippen LogP contribution in [0, 0.1) is 6.92 Å². The fourth-order valence-corrected chi connectivity index (χ4v) is 2.25. The Labute approximate surface area is 120 Å². The number of methoxy groups -OCH3 is 1. The molecule has 2 aromatic carbocycles. The van der Waals surface area contributed by atoms with E-state index in [1.165, 1.54) is 5.56 Å². The molecule has 0 spiro atoms. The van der Waals surface area contributed by atoms with Crippen molar-refractivity contribution in [1.29, 1.82) is 0 Å². The van der Waals surface area contributed by atoms with Gasteiger partial charge in [-0.1, -0.05) is 48.9 Å². The Morgan fingerprint density at radius 1 is 1.10 bits per heavy atom. The van der Waals surface area contributed by atoms with E-state index in [-0.39, 0.29) is 5.78 Å². The van der Waals surface area contributed by atoms with Gasteiger partial charge in [-0.25, -0.2) is 0 Å². The minimum atomic E-state index is 0.122. The summed E-state index contributed by atoms with van der Waals surface area (Å²) in [5.41, 5.74) is 4.08. The van der Waals surface area contributed by atoms with Gasteiger partial charge in [0.25, 0.3) is 0 Å². The first-order valence-electron chi connectivity index (χ1n) is 6.89. The minimum Gasteiger partial charge on any atom is -0.496 e. The number of benzene rings is 2. The first-order valence-corrected chi connectivity index (χ1v) is 6.89. The first-order chi connectivity index (χ1) is 9.63. The molecule has 104 valence electrons. The number of carbonyl (C=O) groups is 1. The lowest BCUT2D eigenvalue weighted by Gasteiger charge is -2.09. The molecule has 0 heterocycles. The van der Waals surface area contributed by atoms with Crippen LogP contribution in [0.5, 0.6) is 5.75 Å². The van der Waals surface area contributed by atoms with E-state index < -0.39 is 0 Å². The second-order valence-corrected chi connectivity index (χ2v) is 4.97. The van der Waals surface area contributed by atoms with Gasteiger partial charge in [-0.15, -0.1) is 0 Å². The van der Waals surface area contributed by atoms with Gasteiger partial charge < -0.3 is 4.74 Å². The number of rotatable bonds is 5. The third kappa shape index (κ3) is 3.27. The number of Topliss-reactive ketones (excluding diaryl/α,β-unsaturated/α-hetero) is 1. The molecule has 2 aromatic rings. The van der Waals surface area contributed by atoms with E-state index in [9.17, 15) is 4.79 Å². The van der Waals surface area contributed by atoms with Crippen LogP contribution in [0.25, 0.3) is 0 Å². The van der Waals surface area contributed by atoms with Crippen molar-refractivity contribution in [3.05, 3.63) is 64.7 Å². The van der Waals surface area contributed by atoms with Gasteiger partial charge in [0.1, 0.15) is 5.75 Å². The molecule has 0 saturated heterocycles. The van der Waals surface area contributed by atoms with Gasteiger partial charge in [-0.3, -0.25) is 4.79 Å². The van der Waals surface area contributed by atoms with Gasteiger partial charge in [-0.2, -0.15) is 0 Å². The molecular formula is C18H20O2. The molecule has 0 unspecified atom stereocenters. The monoisotopic (exact) mass is 268 g/mol. The van der Waals surface area contributed by atoms with E-state index in [2.05, 4.69) is 6.92 Å². The van der Waals surface area contributed by atoms with E-state index in [1.54, 1.807) is 7.11 Å². The van der Waals surface area contributed by atoms with Crippen LogP contribution in [0.2, 0.25) is 0 Å². The molecule has 0 aliphatic heterocycles. The van der Waals surface area contributed by atoms with Crippen molar-refractivity contribution in [2.24, 2.45) is 0 Å². The second kappa shape index (κ2) is 6.38. The van der Waals surface area contributed by atoms with Gasteiger partial charge in [0, 0.05) is 17.5 Å². The van der Waals surface area contributed by atoms with Crippen molar-refractivity contribution < 1.29 is 9.53 Å². The summed E-state index contributed by atoms with van der Waals surface area (Å²) >= 11 is 0. The molecule has 0 amide bonds. The van der Waals surface area contributed by atoms with Crippen LogP contribution in [0.3, 0.4) is 0 Å². The van der Waals surface area contributed by atoms with E-state index in [0.717, 1.165) is 28.9 Å². The Kier molecular flexibility index (Phi) is 4.57. The topological polar surface area (TPSA) is 26.3 Å². The summed E-state index contributed by atoms with van der Waals surface area (Å²) in [7, 11) is 1.63. The number of carbonyl (C=O) groups excluding carboxylic acids is 1. The van der Waals surface area contributed by atoms with Gasteiger partial charge >= 0.3 is 0 Å². The number of ketones is 1. The lowest BCUT2D eigenvalue weighted by molar-refractivity contribution is 0.0992. The predicted molar refractivity (Wildman–Crippen MR) is 81.6 cm³/mol. The molecule has 0 fully saturated rings. The third-order valence-corrected chi connectivity index (χ3v) is 3.47. The maximum atomic E-state index is 12.3. The Balaban J connectivity index is 2.20. The Morgan fingerprint density at radius 3 is 2.40 bits per heavy atom. The largest absolute Gasteiger partial charge is 0.496 e. The predicted octanol–water partition coefficient (Wildman–Crippen LogP) is 3.99. The second-order valence-electron chi connectivity index (χ2n) is 4.97. The molecule has 0 bridgehead atoms. The third-order valence-electron chi connectivity index (χ3n) is 3.47. The summed E-state index contributed by atoms with van der Waals surface area (Å²) in [5.74, 6) is 0.894. The van der Waals surface area contributed by atoms with Crippen molar-refractivity contribution in [3.63, 3.8) is 0 Å². The van der Waals surface area contributed by atoms with Gasteiger partial charge in [0.15, 0.2) is 5.78 Å². The number of hydrogen-bond acceptors (Lipinski definition) is 2. The summed E-state index contributed by atoms with van der Waals surface area (Å²) in [6.45, 7) is 4.12. The number of aryl methyl sites for hydroxylation is 2. The molecule has 0 radical (unpaired) electrons. The molecule has 0 saturated carbocycles. The zero-order chi connectivity index (χ0) is 14.5. The molecule has 0 N–H and O–H groups in total. The van der Waals surface area contributed by atoms with Crippen LogP contribution in [-0.4, -0.2) is 12.9 Å². The highest BCUT2D eigenvalue weighted by Gasteiger charge is 2.11. The lowest BCUT2D eigenvalue weighted by Crippen LogP contribution is -2.05. The molecule has 0 aliphatic rings. The summed E-state index contributed by atoms with van der Waals surface area (Å²) in [5, 5.41) is 0. The lowest BCUT2D eigenvalue weighted by atomic mass is 9.99. The average molecular weight is 268 g/mol. The van der Waals surface area contributed by atoms with Crippen LogP contribution >= 0.6 is 0 Å². The average Bonchev–Trinajstić information content (AvgIpc) is 2.47. The smallest absolute Gasteiger partial charge is 0.167 e. The van der Waals surface area contributed by atoms with Crippen molar-refractivity contribution >= 4 is 5.78 Å². The molecule has 20 heavy (non-hydrogen) atoms. The van der Waals surface area contributed by atoms with Crippen molar-refractivity contribution in [3.8, 4) is 5.75 Å². The number of hydrogen-bond donors (Lipinski definition) is 0. The molecule has 0 aliphatic carbocycles. The van der Waals surface area contributed by atoms with E-state index in [0.29, 0.717) is 6.42 Å². The van der Waals surface area contributed by atoms with Crippen LogP contribution in [0.15, 0.2) is 42.5 Å². The van der Waals surface area contributed by atoms with Gasteiger partial charge in [0.2, 0.25) is 0 Å². The van der Waals surface area contributed by atoms with E-state index >= 15 is 0 Å². The SMILES string of the molecule is CCc1ccc(C(=O)Cc2cc(C)ccc2OC)cc1. The summed E-state index contributed by atoms with van der Waals surface area (Å²) < 4.78 is 5.32. The molecule has 2 heteroatoms. The zero-order valence-electron chi connectivity index (χ0n) is 12.3. The fraction of sp³-hybridized carbons (Fsp3) is 0.278. The maximum Gasteiger partial charge on any atom is 0.167 e. The van der Waals surface area contributed by atoms with Crippen LogP contribution in [0.1, 0.15) is 34.0 Å². The zero-order valence-corrected chi connectivity index (χ0v) is 12.3. The molecule has 0 atom stereocenters. The highest BCUT2D eigenvalue weighted by Crippen LogP contribution is 2.21. The highest BCUT2D eigenvalue weighted by atomic mass is 16.5. The summed E-state index contributed by atoms with van der Waals surface area (Å²) in [6.07, 6.45) is 1.36. The van der Waals surface area contributed by atoms with Crippen molar-refractivity contribution in [1.82, 2.24) is 0 Å². The van der Waals surface area contributed by atoms with Gasteiger partial charge in [0.05, 0.1) is 7.11 Å². The molecular weight excluding hydrogens is 248 g/mol. The maximum absolute atomic E-state index is 12.3. The van der Waals surface area contributed by atoms with Crippen molar-refractivity contribution in [2.75, 3.05) is 7.11 Å². The Morgan fingerprint density at radius 2 is 1.80 bits per heavy atom. The molecule has 0 aromatic heterocycles. The molecule has 2 rings (SSSR count). The normalized spacial score (nSPS) is 10.3. The van der Waals surface area contributed by atoms with Crippen molar-refractivity contribution in [2.45, 2.75) is 26.7 Å². The summed E-state index contributed by atoms with van der Waals surface area (Å²) in [6, 6.07) is 13.8. The quantitative estimate of drug-likeness (QED) is 0.766. The number of ether oxygens (including phenoxy) is 1. The Bertz CT molecular complexity index is 597. The van der Waals surface area contributed by atoms with Crippen LogP contribution < -0.4 is 4.74 Å². The first kappa shape index (κ1) is 14.3. The fourth-order valence-electron chi connectivity index (χ4n) is 2.25. The van der Waals surface area contributed by atoms with Crippen LogP contribution in [0.4, 0.5) is 0 Å². The van der Waals surface area contributed by atoms with Crippen LogP contribution in [-0.2, 0) is 12.8 Å². The van der Waals surface area contributed by atoms with Gasteiger partial charge in [-0.05, 0) is 25.0 Å².